The molecule has 2 amide bonds. The first-order valence-corrected chi connectivity index (χ1v) is 4.68. The number of nitrogens with one attached hydrogen (secondary N) is 2. The first-order valence-electron chi connectivity index (χ1n) is 4.68. The van der Waals surface area contributed by atoms with Gasteiger partial charge in [0, 0.05) is 18.3 Å². The number of rotatable bonds is 4. The second-order valence-corrected chi connectivity index (χ2v) is 3.02. The van der Waals surface area contributed by atoms with Gasteiger partial charge in [-0.3, -0.25) is 0 Å². The molecule has 0 radical (unpaired) electrons. The van der Waals surface area contributed by atoms with Crippen LogP contribution in [0.1, 0.15) is 5.56 Å². The van der Waals surface area contributed by atoms with Crippen LogP contribution in [-0.4, -0.2) is 24.8 Å². The summed E-state index contributed by atoms with van der Waals surface area (Å²) in [5.41, 5.74) is 7.09. The molecule has 0 atom stereocenters. The van der Waals surface area contributed by atoms with Gasteiger partial charge in [0.15, 0.2) is 0 Å². The first kappa shape index (κ1) is 17.1. The van der Waals surface area contributed by atoms with Crippen molar-refractivity contribution in [3.63, 3.8) is 0 Å². The molecule has 0 spiro atoms. The van der Waals surface area contributed by atoms with Gasteiger partial charge in [0.05, 0.1) is 5.97 Å². The molecule has 0 aliphatic carbocycles. The number of amides is 2. The van der Waals surface area contributed by atoms with Gasteiger partial charge in [-0.05, 0) is 6.07 Å². The van der Waals surface area contributed by atoms with E-state index in [1.807, 2.05) is 5.43 Å². The summed E-state index contributed by atoms with van der Waals surface area (Å²) in [5, 5.41) is 17.1. The van der Waals surface area contributed by atoms with E-state index in [4.69, 9.17) is 5.73 Å². The smallest absolute Gasteiger partial charge is 0.543 e. The summed E-state index contributed by atoms with van der Waals surface area (Å²) in [6.45, 7) is 0. The number of para-hydroxylation sites is 1. The van der Waals surface area contributed by atoms with Gasteiger partial charge in [0.2, 0.25) is 0 Å². The summed E-state index contributed by atoms with van der Waals surface area (Å²) in [6, 6.07) is 5.61. The molecule has 0 aromatic heterocycles. The van der Waals surface area contributed by atoms with E-state index in [9.17, 15) is 14.7 Å². The predicted octanol–water partition coefficient (Wildman–Crippen LogP) is -4.15. The Morgan fingerprint density at radius 2 is 1.94 bits per heavy atom. The summed E-state index contributed by atoms with van der Waals surface area (Å²) < 4.78 is 0. The molecule has 0 heterocycles. The molecule has 0 unspecified atom stereocenters. The van der Waals surface area contributed by atoms with Crippen LogP contribution in [0.5, 0.6) is 0 Å². The summed E-state index contributed by atoms with van der Waals surface area (Å²) in [4.78, 5) is 21.4. The average Bonchev–Trinajstić information content (AvgIpc) is 2.29. The van der Waals surface area contributed by atoms with E-state index in [1.165, 1.54) is 6.07 Å². The van der Waals surface area contributed by atoms with Crippen molar-refractivity contribution in [3.8, 4) is 0 Å². The van der Waals surface area contributed by atoms with Gasteiger partial charge in [0.25, 0.3) is 0 Å². The van der Waals surface area contributed by atoms with Crippen LogP contribution in [-0.2, 0) is 4.79 Å². The predicted molar refractivity (Wildman–Crippen MR) is 60.3 cm³/mol. The van der Waals surface area contributed by atoms with Gasteiger partial charge in [-0.2, -0.15) is 5.10 Å². The topological polar surface area (TPSA) is 120 Å². The van der Waals surface area contributed by atoms with Crippen molar-refractivity contribution in [1.29, 1.82) is 0 Å². The molecule has 1 aromatic rings. The van der Waals surface area contributed by atoms with Crippen molar-refractivity contribution in [1.82, 2.24) is 5.43 Å². The largest absolute Gasteiger partial charge is 1.00 e. The zero-order valence-corrected chi connectivity index (χ0v) is 13.2. The van der Waals surface area contributed by atoms with Crippen molar-refractivity contribution in [2.75, 3.05) is 12.4 Å². The number of primary amides is 1. The number of urea groups is 1. The van der Waals surface area contributed by atoms with E-state index in [1.54, 1.807) is 25.2 Å². The summed E-state index contributed by atoms with van der Waals surface area (Å²) in [6.07, 6.45) is 0. The number of benzene rings is 1. The molecule has 1 aromatic carbocycles. The minimum absolute atomic E-state index is 0. The Balaban J connectivity index is 0.00000289. The van der Waals surface area contributed by atoms with Crippen LogP contribution in [0, 0.1) is 0 Å². The molecule has 0 fully saturated rings. The van der Waals surface area contributed by atoms with Gasteiger partial charge in [-0.25, -0.2) is 10.2 Å². The molecule has 8 heteroatoms. The maximum Gasteiger partial charge on any atom is 1.00 e. The quantitative estimate of drug-likeness (QED) is 0.293. The minimum atomic E-state index is -1.51. The zero-order chi connectivity index (χ0) is 12.8. The van der Waals surface area contributed by atoms with E-state index in [2.05, 4.69) is 10.4 Å². The van der Waals surface area contributed by atoms with Gasteiger partial charge in [-0.1, -0.05) is 18.2 Å². The second kappa shape index (κ2) is 8.22. The Hall–Kier alpha value is -0.934. The fraction of sp³-hybridized carbons (Fsp3) is 0.100. The number of hydrogen-bond acceptors (Lipinski definition) is 5. The number of anilines is 1. The first-order chi connectivity index (χ1) is 8.06. The Morgan fingerprint density at radius 1 is 1.33 bits per heavy atom. The Labute approximate surface area is 146 Å². The summed E-state index contributed by atoms with van der Waals surface area (Å²) >= 11 is 0. The summed E-state index contributed by atoms with van der Waals surface area (Å²) in [5.74, 6) is -1.51. The Kier molecular flexibility index (Phi) is 7.79. The van der Waals surface area contributed by atoms with E-state index < -0.39 is 17.7 Å². The fourth-order valence-corrected chi connectivity index (χ4v) is 1.23. The summed E-state index contributed by atoms with van der Waals surface area (Å²) in [7, 11) is 1.63. The number of hydrogen-bond donors (Lipinski definition) is 3. The van der Waals surface area contributed by atoms with Crippen LogP contribution in [0.3, 0.4) is 0 Å². The number of nitrogens with zero attached hydrogens (tertiary/aromatic N) is 1. The second-order valence-electron chi connectivity index (χ2n) is 3.02. The molecule has 4 N–H and O–H groups in total. The number of carbonyl (C=O) groups excluding carboxylic acids is 2. The van der Waals surface area contributed by atoms with E-state index in [-0.39, 0.29) is 51.4 Å². The van der Waals surface area contributed by atoms with Crippen molar-refractivity contribution in [3.05, 3.63) is 29.8 Å². The maximum atomic E-state index is 10.9. The molecule has 7 nitrogen and oxygen atoms in total. The van der Waals surface area contributed by atoms with E-state index in [0.29, 0.717) is 11.3 Å². The number of aliphatic carboxylic acids is 1. The standard InChI is InChI=1S/C10H12N4O3.K/c1-12-7-5-3-2-4-6(7)8(9(15)16)13-14-10(11)17;/h2-5,12H,1H3,(H,15,16)(H3,11,14,17);/q;+1/p-1/b13-8-;. The van der Waals surface area contributed by atoms with Crippen molar-refractivity contribution >= 4 is 23.4 Å². The maximum absolute atomic E-state index is 10.9. The van der Waals surface area contributed by atoms with E-state index in [0.717, 1.165) is 0 Å². The molecule has 0 saturated carbocycles. The SMILES string of the molecule is CNc1ccccc1/C(=N/NC(N)=O)C(=O)[O-].[K+]. The molecule has 90 valence electrons. The van der Waals surface area contributed by atoms with E-state index >= 15 is 0 Å². The van der Waals surface area contributed by atoms with Crippen molar-refractivity contribution in [2.45, 2.75) is 0 Å². The number of hydrazone groups is 1. The Morgan fingerprint density at radius 3 is 2.44 bits per heavy atom. The third-order valence-electron chi connectivity index (χ3n) is 1.92. The molecule has 0 aliphatic heterocycles. The van der Waals surface area contributed by atoms with Gasteiger partial charge in [-0.15, -0.1) is 0 Å². The van der Waals surface area contributed by atoms with Crippen molar-refractivity contribution in [2.24, 2.45) is 10.8 Å². The Bertz CT molecular complexity index is 476. The van der Waals surface area contributed by atoms with Crippen LogP contribution in [0.15, 0.2) is 29.4 Å². The number of carboxylic acids is 1. The number of nitrogens with two attached hydrogens (primary N) is 1. The molecule has 0 saturated heterocycles. The molecule has 18 heavy (non-hydrogen) atoms. The normalized spacial score (nSPS) is 10.2. The van der Waals surface area contributed by atoms with Crippen LogP contribution >= 0.6 is 0 Å². The van der Waals surface area contributed by atoms with Crippen LogP contribution < -0.4 is 73.0 Å². The number of carboxylic acid groups (broad SMARTS) is 1. The molecular formula is C10H11KN4O3. The zero-order valence-electron chi connectivity index (χ0n) is 10.1. The monoisotopic (exact) mass is 274 g/mol. The minimum Gasteiger partial charge on any atom is -0.543 e. The third kappa shape index (κ3) is 4.74. The molecule has 0 aliphatic rings. The van der Waals surface area contributed by atoms with Crippen LogP contribution in [0.25, 0.3) is 0 Å². The molecule has 1 rings (SSSR count). The van der Waals surface area contributed by atoms with Crippen LogP contribution in [0.4, 0.5) is 10.5 Å². The van der Waals surface area contributed by atoms with Crippen molar-refractivity contribution < 1.29 is 66.1 Å². The third-order valence-corrected chi connectivity index (χ3v) is 1.92. The van der Waals surface area contributed by atoms with Gasteiger partial charge in [0.1, 0.15) is 5.71 Å². The molecule has 0 bridgehead atoms. The van der Waals surface area contributed by atoms with Crippen LogP contribution in [0.2, 0.25) is 0 Å². The average molecular weight is 274 g/mol. The molecular weight excluding hydrogens is 263 g/mol. The fourth-order valence-electron chi connectivity index (χ4n) is 1.23. The van der Waals surface area contributed by atoms with Gasteiger partial charge < -0.3 is 21.0 Å². The van der Waals surface area contributed by atoms with Gasteiger partial charge >= 0.3 is 57.4 Å². The number of carbonyl (C=O) groups is 2.